The van der Waals surface area contributed by atoms with Gasteiger partial charge in [-0.05, 0) is 42.5 Å². The van der Waals surface area contributed by atoms with Gasteiger partial charge in [-0.2, -0.15) is 0 Å². The first-order valence-corrected chi connectivity index (χ1v) is 7.40. The molecule has 1 aliphatic heterocycles. The molecule has 0 saturated carbocycles. The van der Waals surface area contributed by atoms with Gasteiger partial charge in [0.05, 0.1) is 13.7 Å². The molecule has 0 bridgehead atoms. The first kappa shape index (κ1) is 13.9. The van der Waals surface area contributed by atoms with Gasteiger partial charge in [0.15, 0.2) is 0 Å². The van der Waals surface area contributed by atoms with Gasteiger partial charge < -0.3 is 19.9 Å². The molecule has 0 aromatic heterocycles. The van der Waals surface area contributed by atoms with E-state index in [1.54, 1.807) is 7.11 Å². The minimum atomic E-state index is -0.690. The Hall–Kier alpha value is -1.10. The number of benzene rings is 1. The van der Waals surface area contributed by atoms with Gasteiger partial charge >= 0.3 is 0 Å². The monoisotopic (exact) mass is 277 g/mol. The normalized spacial score (nSPS) is 29.2. The van der Waals surface area contributed by atoms with Crippen molar-refractivity contribution >= 4 is 0 Å². The smallest absolute Gasteiger partial charge is 0.119 e. The van der Waals surface area contributed by atoms with E-state index in [1.165, 1.54) is 17.5 Å². The maximum Gasteiger partial charge on any atom is 0.119 e. The van der Waals surface area contributed by atoms with Gasteiger partial charge in [-0.1, -0.05) is 6.07 Å². The van der Waals surface area contributed by atoms with Crippen LogP contribution in [0.2, 0.25) is 0 Å². The Kier molecular flexibility index (Phi) is 3.96. The van der Waals surface area contributed by atoms with E-state index < -0.39 is 5.60 Å². The minimum Gasteiger partial charge on any atom is -0.497 e. The molecule has 0 unspecified atom stereocenters. The van der Waals surface area contributed by atoms with Crippen LogP contribution in [0.25, 0.3) is 0 Å². The summed E-state index contributed by atoms with van der Waals surface area (Å²) in [6.07, 6.45) is 4.13. The molecule has 2 atom stereocenters. The standard InChI is InChI=1S/C16H23NO3/c1-19-13-5-6-14-12(9-13)3-2-4-15(14)17-10-16(18)7-8-20-11-16/h5-6,9,15,17-18H,2-4,7-8,10-11H2,1H3/t15-,16+/m1/s1. The van der Waals surface area contributed by atoms with Crippen LogP contribution in [0.4, 0.5) is 0 Å². The third kappa shape index (κ3) is 2.82. The van der Waals surface area contributed by atoms with Gasteiger partial charge in [-0.3, -0.25) is 0 Å². The number of rotatable bonds is 4. The number of aliphatic hydroxyl groups is 1. The van der Waals surface area contributed by atoms with Crippen molar-refractivity contribution in [2.45, 2.75) is 37.3 Å². The summed E-state index contributed by atoms with van der Waals surface area (Å²) in [5.41, 5.74) is 2.02. The summed E-state index contributed by atoms with van der Waals surface area (Å²) in [5, 5.41) is 13.9. The molecule has 1 heterocycles. The van der Waals surface area contributed by atoms with Gasteiger partial charge in [0.1, 0.15) is 11.4 Å². The largest absolute Gasteiger partial charge is 0.497 e. The zero-order valence-corrected chi connectivity index (χ0v) is 12.0. The first-order valence-electron chi connectivity index (χ1n) is 7.40. The van der Waals surface area contributed by atoms with Crippen molar-refractivity contribution in [2.75, 3.05) is 26.9 Å². The molecule has 0 spiro atoms. The predicted molar refractivity (Wildman–Crippen MR) is 77.1 cm³/mol. The van der Waals surface area contributed by atoms with Crippen LogP contribution >= 0.6 is 0 Å². The summed E-state index contributed by atoms with van der Waals surface area (Å²) in [6.45, 7) is 1.71. The fourth-order valence-corrected chi connectivity index (χ4v) is 3.18. The SMILES string of the molecule is COc1ccc2c(c1)CCC[C@H]2NC[C@@]1(O)CCOC1. The number of nitrogens with one attached hydrogen (secondary N) is 1. The van der Waals surface area contributed by atoms with Crippen molar-refractivity contribution < 1.29 is 14.6 Å². The van der Waals surface area contributed by atoms with Crippen LogP contribution in [0.1, 0.15) is 36.4 Å². The summed E-state index contributed by atoms with van der Waals surface area (Å²) in [7, 11) is 1.70. The van der Waals surface area contributed by atoms with Crippen molar-refractivity contribution in [1.29, 1.82) is 0 Å². The summed E-state index contributed by atoms with van der Waals surface area (Å²) in [5.74, 6) is 0.923. The van der Waals surface area contributed by atoms with Crippen molar-refractivity contribution in [2.24, 2.45) is 0 Å². The molecule has 1 fully saturated rings. The topological polar surface area (TPSA) is 50.7 Å². The Morgan fingerprint density at radius 3 is 3.15 bits per heavy atom. The molecular weight excluding hydrogens is 254 g/mol. The predicted octanol–water partition coefficient (Wildman–Crippen LogP) is 1.81. The summed E-state index contributed by atoms with van der Waals surface area (Å²) >= 11 is 0. The van der Waals surface area contributed by atoms with E-state index in [0.29, 0.717) is 25.8 Å². The molecule has 1 aliphatic carbocycles. The highest BCUT2D eigenvalue weighted by atomic mass is 16.5. The number of hydrogen-bond donors (Lipinski definition) is 2. The van der Waals surface area contributed by atoms with Crippen LogP contribution in [0.15, 0.2) is 18.2 Å². The van der Waals surface area contributed by atoms with Gasteiger partial charge in [-0.25, -0.2) is 0 Å². The average Bonchev–Trinajstić information content (AvgIpc) is 2.91. The van der Waals surface area contributed by atoms with E-state index in [4.69, 9.17) is 9.47 Å². The van der Waals surface area contributed by atoms with Crippen molar-refractivity contribution in [3.8, 4) is 5.75 Å². The minimum absolute atomic E-state index is 0.328. The molecule has 110 valence electrons. The van der Waals surface area contributed by atoms with Crippen LogP contribution in [0, 0.1) is 0 Å². The number of aryl methyl sites for hydroxylation is 1. The lowest BCUT2D eigenvalue weighted by Crippen LogP contribution is -2.43. The van der Waals surface area contributed by atoms with Gasteiger partial charge in [0.2, 0.25) is 0 Å². The van der Waals surface area contributed by atoms with Crippen LogP contribution in [-0.2, 0) is 11.2 Å². The molecule has 3 rings (SSSR count). The van der Waals surface area contributed by atoms with Crippen LogP contribution < -0.4 is 10.1 Å². The Morgan fingerprint density at radius 1 is 1.50 bits per heavy atom. The zero-order chi connectivity index (χ0) is 14.0. The Morgan fingerprint density at radius 2 is 2.40 bits per heavy atom. The fraction of sp³-hybridized carbons (Fsp3) is 0.625. The van der Waals surface area contributed by atoms with Crippen LogP contribution in [-0.4, -0.2) is 37.6 Å². The quantitative estimate of drug-likeness (QED) is 0.881. The van der Waals surface area contributed by atoms with Crippen molar-refractivity contribution in [3.63, 3.8) is 0 Å². The maximum absolute atomic E-state index is 10.3. The Labute approximate surface area is 120 Å². The molecule has 2 aliphatic rings. The highest BCUT2D eigenvalue weighted by Gasteiger charge is 2.33. The van der Waals surface area contributed by atoms with E-state index >= 15 is 0 Å². The molecule has 4 heteroatoms. The Balaban J connectivity index is 1.70. The summed E-state index contributed by atoms with van der Waals surface area (Å²) in [4.78, 5) is 0. The third-order valence-electron chi connectivity index (χ3n) is 4.42. The summed E-state index contributed by atoms with van der Waals surface area (Å²) < 4.78 is 10.6. The van der Waals surface area contributed by atoms with E-state index in [2.05, 4.69) is 17.4 Å². The highest BCUT2D eigenvalue weighted by Crippen LogP contribution is 2.32. The third-order valence-corrected chi connectivity index (χ3v) is 4.42. The first-order chi connectivity index (χ1) is 9.70. The lowest BCUT2D eigenvalue weighted by Gasteiger charge is -2.30. The molecule has 1 saturated heterocycles. The molecule has 20 heavy (non-hydrogen) atoms. The second kappa shape index (κ2) is 5.72. The van der Waals surface area contributed by atoms with E-state index in [9.17, 15) is 5.11 Å². The number of methoxy groups -OCH3 is 1. The van der Waals surface area contributed by atoms with E-state index in [1.807, 2.05) is 6.07 Å². The average molecular weight is 277 g/mol. The molecule has 0 radical (unpaired) electrons. The van der Waals surface area contributed by atoms with Crippen LogP contribution in [0.5, 0.6) is 5.75 Å². The highest BCUT2D eigenvalue weighted by molar-refractivity contribution is 5.39. The lowest BCUT2D eigenvalue weighted by molar-refractivity contribution is 0.0243. The van der Waals surface area contributed by atoms with Crippen molar-refractivity contribution in [3.05, 3.63) is 29.3 Å². The Bertz CT molecular complexity index is 469. The lowest BCUT2D eigenvalue weighted by atomic mass is 9.87. The number of hydrogen-bond acceptors (Lipinski definition) is 4. The maximum atomic E-state index is 10.3. The second-order valence-electron chi connectivity index (χ2n) is 5.92. The van der Waals surface area contributed by atoms with Crippen LogP contribution in [0.3, 0.4) is 0 Å². The molecule has 2 N–H and O–H groups in total. The van der Waals surface area contributed by atoms with E-state index in [0.717, 1.165) is 25.0 Å². The van der Waals surface area contributed by atoms with Crippen molar-refractivity contribution in [1.82, 2.24) is 5.32 Å². The molecule has 0 amide bonds. The van der Waals surface area contributed by atoms with Gasteiger partial charge in [-0.15, -0.1) is 0 Å². The molecule has 4 nitrogen and oxygen atoms in total. The molecule has 1 aromatic carbocycles. The molecular formula is C16H23NO3. The second-order valence-corrected chi connectivity index (χ2v) is 5.92. The van der Waals surface area contributed by atoms with Gasteiger partial charge in [0, 0.05) is 25.6 Å². The van der Waals surface area contributed by atoms with Gasteiger partial charge in [0.25, 0.3) is 0 Å². The summed E-state index contributed by atoms with van der Waals surface area (Å²) in [6, 6.07) is 6.64. The molecule has 1 aromatic rings. The fourth-order valence-electron chi connectivity index (χ4n) is 3.18. The number of ether oxygens (including phenoxy) is 2. The number of fused-ring (bicyclic) bond motifs is 1. The van der Waals surface area contributed by atoms with E-state index in [-0.39, 0.29) is 0 Å². The zero-order valence-electron chi connectivity index (χ0n) is 12.0.